The van der Waals surface area contributed by atoms with Crippen LogP contribution in [-0.4, -0.2) is 9.67 Å². The third kappa shape index (κ3) is 2.58. The Kier molecular flexibility index (Phi) is 3.53. The smallest absolute Gasteiger partial charge is 0.0812 e. The van der Waals surface area contributed by atoms with Crippen molar-refractivity contribution in [3.8, 4) is 0 Å². The lowest BCUT2D eigenvalue weighted by atomic mass is 9.75. The van der Waals surface area contributed by atoms with E-state index < -0.39 is 0 Å². The summed E-state index contributed by atoms with van der Waals surface area (Å²) in [7, 11) is 0. The molecular formula is C18H27NO. The van der Waals surface area contributed by atoms with Crippen LogP contribution < -0.4 is 0 Å². The molecule has 20 heavy (non-hydrogen) atoms. The molecule has 0 spiro atoms. The van der Waals surface area contributed by atoms with Crippen molar-refractivity contribution >= 4 is 0 Å². The van der Waals surface area contributed by atoms with E-state index in [0.29, 0.717) is 0 Å². The van der Waals surface area contributed by atoms with Crippen molar-refractivity contribution in [1.82, 2.24) is 4.57 Å². The highest BCUT2D eigenvalue weighted by Crippen LogP contribution is 2.42. The van der Waals surface area contributed by atoms with Crippen LogP contribution >= 0.6 is 0 Å². The number of hydrogen-bond acceptors (Lipinski definition) is 1. The minimum atomic E-state index is -0.278. The Balaban J connectivity index is 1.84. The first-order valence-corrected chi connectivity index (χ1v) is 8.01. The van der Waals surface area contributed by atoms with Crippen LogP contribution in [0.2, 0.25) is 0 Å². The van der Waals surface area contributed by atoms with E-state index in [1.807, 2.05) is 0 Å². The summed E-state index contributed by atoms with van der Waals surface area (Å²) in [6.07, 6.45) is 9.19. The summed E-state index contributed by atoms with van der Waals surface area (Å²) < 4.78 is 2.46. The third-order valence-electron chi connectivity index (χ3n) is 4.99. The number of aliphatic hydroxyl groups is 1. The summed E-state index contributed by atoms with van der Waals surface area (Å²) in [4.78, 5) is 0. The average molecular weight is 273 g/mol. The van der Waals surface area contributed by atoms with E-state index in [1.54, 1.807) is 5.57 Å². The standard InChI is InChI=1S/C18H27NO/c1-13-10-15-16(11-18(2,3)12-17(15)20)19(13)9-8-14-6-4-5-7-14/h6,10,17,20H,4-5,7-9,11-12H2,1-3H3. The predicted octanol–water partition coefficient (Wildman–Crippen LogP) is 4.30. The van der Waals surface area contributed by atoms with E-state index in [9.17, 15) is 5.11 Å². The highest BCUT2D eigenvalue weighted by Gasteiger charge is 2.33. The van der Waals surface area contributed by atoms with Gasteiger partial charge >= 0.3 is 0 Å². The Morgan fingerprint density at radius 2 is 2.20 bits per heavy atom. The van der Waals surface area contributed by atoms with Crippen LogP contribution in [0.1, 0.15) is 69.0 Å². The molecule has 0 saturated carbocycles. The number of fused-ring (bicyclic) bond motifs is 1. The maximum absolute atomic E-state index is 10.4. The number of aryl methyl sites for hydroxylation is 1. The molecule has 0 aliphatic heterocycles. The molecule has 0 fully saturated rings. The van der Waals surface area contributed by atoms with Gasteiger partial charge in [0.15, 0.2) is 0 Å². The van der Waals surface area contributed by atoms with Crippen molar-refractivity contribution in [2.75, 3.05) is 0 Å². The summed E-state index contributed by atoms with van der Waals surface area (Å²) in [6.45, 7) is 7.80. The normalized spacial score (nSPS) is 24.6. The summed E-state index contributed by atoms with van der Waals surface area (Å²) in [5.41, 5.74) is 5.71. The molecule has 0 bridgehead atoms. The van der Waals surface area contributed by atoms with Crippen LogP contribution in [0.15, 0.2) is 17.7 Å². The molecule has 110 valence electrons. The molecule has 1 aromatic rings. The molecule has 2 aliphatic carbocycles. The molecule has 1 unspecified atom stereocenters. The minimum absolute atomic E-state index is 0.210. The molecule has 2 nitrogen and oxygen atoms in total. The van der Waals surface area contributed by atoms with Crippen LogP contribution in [0.4, 0.5) is 0 Å². The van der Waals surface area contributed by atoms with E-state index in [0.717, 1.165) is 19.4 Å². The van der Waals surface area contributed by atoms with Gasteiger partial charge in [0.1, 0.15) is 0 Å². The molecule has 0 saturated heterocycles. The molecule has 1 heterocycles. The molecule has 1 atom stereocenters. The number of aromatic nitrogens is 1. The Hall–Kier alpha value is -1.02. The maximum atomic E-state index is 10.4. The van der Waals surface area contributed by atoms with Gasteiger partial charge in [0.2, 0.25) is 0 Å². The second-order valence-corrected chi connectivity index (χ2v) is 7.40. The van der Waals surface area contributed by atoms with Crippen LogP contribution in [0.5, 0.6) is 0 Å². The lowest BCUT2D eigenvalue weighted by Gasteiger charge is -2.34. The molecule has 2 aliphatic rings. The van der Waals surface area contributed by atoms with Gasteiger partial charge in [-0.25, -0.2) is 0 Å². The first-order chi connectivity index (χ1) is 9.46. The van der Waals surface area contributed by atoms with Crippen molar-refractivity contribution < 1.29 is 5.11 Å². The lowest BCUT2D eigenvalue weighted by molar-refractivity contribution is 0.0979. The number of rotatable bonds is 3. The van der Waals surface area contributed by atoms with Gasteiger partial charge in [-0.15, -0.1) is 0 Å². The second kappa shape index (κ2) is 5.07. The van der Waals surface area contributed by atoms with E-state index >= 15 is 0 Å². The van der Waals surface area contributed by atoms with Gasteiger partial charge in [0, 0.05) is 23.5 Å². The summed E-state index contributed by atoms with van der Waals surface area (Å²) in [5.74, 6) is 0. The van der Waals surface area contributed by atoms with E-state index in [4.69, 9.17) is 0 Å². The highest BCUT2D eigenvalue weighted by molar-refractivity contribution is 5.33. The Morgan fingerprint density at radius 3 is 2.90 bits per heavy atom. The topological polar surface area (TPSA) is 25.2 Å². The molecule has 2 heteroatoms. The predicted molar refractivity (Wildman–Crippen MR) is 82.8 cm³/mol. The van der Waals surface area contributed by atoms with Gasteiger partial charge in [-0.05, 0) is 56.9 Å². The second-order valence-electron chi connectivity index (χ2n) is 7.40. The Morgan fingerprint density at radius 1 is 1.40 bits per heavy atom. The van der Waals surface area contributed by atoms with Crippen LogP contribution in [0.25, 0.3) is 0 Å². The molecule has 1 N–H and O–H groups in total. The molecule has 0 aromatic carbocycles. The SMILES string of the molecule is Cc1cc2c(n1CCC1=CCCC1)CC(C)(C)CC2O. The molecule has 3 rings (SSSR count). The summed E-state index contributed by atoms with van der Waals surface area (Å²) in [6, 6.07) is 2.21. The fourth-order valence-electron chi connectivity index (χ4n) is 3.93. The van der Waals surface area contributed by atoms with Gasteiger partial charge < -0.3 is 9.67 Å². The number of nitrogens with zero attached hydrogens (tertiary/aromatic N) is 1. The Bertz CT molecular complexity index is 536. The first-order valence-electron chi connectivity index (χ1n) is 8.01. The van der Waals surface area contributed by atoms with Crippen molar-refractivity contribution in [2.45, 2.75) is 71.9 Å². The molecule has 0 amide bonds. The van der Waals surface area contributed by atoms with Gasteiger partial charge in [-0.3, -0.25) is 0 Å². The van der Waals surface area contributed by atoms with E-state index in [2.05, 4.69) is 37.5 Å². The van der Waals surface area contributed by atoms with Crippen molar-refractivity contribution in [1.29, 1.82) is 0 Å². The number of hydrogen-bond donors (Lipinski definition) is 1. The van der Waals surface area contributed by atoms with E-state index in [1.165, 1.54) is 42.6 Å². The Labute approximate surface area is 122 Å². The van der Waals surface area contributed by atoms with Crippen LogP contribution in [-0.2, 0) is 13.0 Å². The quantitative estimate of drug-likeness (QED) is 0.816. The molecule has 1 aromatic heterocycles. The van der Waals surface area contributed by atoms with Crippen LogP contribution in [0.3, 0.4) is 0 Å². The fraction of sp³-hybridized carbons (Fsp3) is 0.667. The molecule has 0 radical (unpaired) electrons. The fourth-order valence-corrected chi connectivity index (χ4v) is 3.93. The number of allylic oxidation sites excluding steroid dienone is 2. The van der Waals surface area contributed by atoms with Crippen LogP contribution in [0, 0.1) is 12.3 Å². The maximum Gasteiger partial charge on any atom is 0.0812 e. The van der Waals surface area contributed by atoms with Crippen molar-refractivity contribution in [2.24, 2.45) is 5.41 Å². The van der Waals surface area contributed by atoms with Crippen molar-refractivity contribution in [3.63, 3.8) is 0 Å². The third-order valence-corrected chi connectivity index (χ3v) is 4.99. The van der Waals surface area contributed by atoms with Gasteiger partial charge in [-0.2, -0.15) is 0 Å². The highest BCUT2D eigenvalue weighted by atomic mass is 16.3. The zero-order valence-corrected chi connectivity index (χ0v) is 13.1. The zero-order chi connectivity index (χ0) is 14.3. The zero-order valence-electron chi connectivity index (χ0n) is 13.1. The van der Waals surface area contributed by atoms with Gasteiger partial charge in [-0.1, -0.05) is 25.5 Å². The molecular weight excluding hydrogens is 246 g/mol. The van der Waals surface area contributed by atoms with E-state index in [-0.39, 0.29) is 11.5 Å². The van der Waals surface area contributed by atoms with Gasteiger partial charge in [0.25, 0.3) is 0 Å². The average Bonchev–Trinajstić information content (AvgIpc) is 2.94. The monoisotopic (exact) mass is 273 g/mol. The van der Waals surface area contributed by atoms with Gasteiger partial charge in [0.05, 0.1) is 6.10 Å². The number of aliphatic hydroxyl groups excluding tert-OH is 1. The lowest BCUT2D eigenvalue weighted by Crippen LogP contribution is -2.27. The first kappa shape index (κ1) is 13.9. The summed E-state index contributed by atoms with van der Waals surface area (Å²) in [5, 5.41) is 10.4. The summed E-state index contributed by atoms with van der Waals surface area (Å²) >= 11 is 0. The minimum Gasteiger partial charge on any atom is -0.388 e. The van der Waals surface area contributed by atoms with Crippen molar-refractivity contribution in [3.05, 3.63) is 34.7 Å². The largest absolute Gasteiger partial charge is 0.388 e.